The van der Waals surface area contributed by atoms with E-state index in [0.717, 1.165) is 0 Å². The van der Waals surface area contributed by atoms with E-state index in [1.807, 2.05) is 0 Å². The SMILES string of the molecule is NC(=NCCCCNC(=O)[C@@H](Cc1ccc(O)c(O)c1)NC(=O)CCCN=C(N)NC(=O)c1nc(Cl)c(N)nc1N)NC(=O)c1nc(Cl)c(N)nc1N. The highest BCUT2D eigenvalue weighted by Crippen LogP contribution is 2.25. The molecule has 3 aromatic rings. The maximum absolute atomic E-state index is 13.1. The molecule has 2 aromatic heterocycles. The molecular weight excluding hydrogens is 739 g/mol. The van der Waals surface area contributed by atoms with E-state index in [-0.39, 0.29) is 102 Å². The third-order valence-electron chi connectivity index (χ3n) is 6.86. The fraction of sp³-hybridized carbons (Fsp3) is 0.310. The number of carbonyl (C=O) groups excluding carboxylic acids is 4. The molecule has 0 bridgehead atoms. The van der Waals surface area contributed by atoms with Crippen molar-refractivity contribution in [2.75, 3.05) is 42.6 Å². The standard InChI is InChI=1S/C29H38Cl2N16O6/c30-19-23(34)44-21(32)17(42-19)26(52)46-28(36)39-8-2-1-7-38-25(51)13(10-12-5-6-14(48)15(49)11-12)41-16(50)4-3-9-40-29(37)47-27(53)18-22(33)45-24(35)20(31)43-18/h5-6,11,13,48-49H,1-4,7-10H2,(H,38,51)(H,41,50)(H4,32,34,44)(H4,33,35,45)(H3,36,39,46,52)(H3,37,40,47,53)/t13-/m1/s1. The van der Waals surface area contributed by atoms with Gasteiger partial charge in [0.25, 0.3) is 11.8 Å². The van der Waals surface area contributed by atoms with Gasteiger partial charge in [0.1, 0.15) is 6.04 Å². The minimum Gasteiger partial charge on any atom is -0.504 e. The summed E-state index contributed by atoms with van der Waals surface area (Å²) in [5, 5.41) is 29.1. The smallest absolute Gasteiger partial charge is 0.280 e. The molecule has 3 rings (SSSR count). The first-order valence-electron chi connectivity index (χ1n) is 15.5. The number of rotatable bonds is 15. The topological polar surface area (TPSA) is 389 Å². The molecule has 0 aliphatic rings. The second-order valence-electron chi connectivity index (χ2n) is 11.0. The Hall–Kier alpha value is -6.42. The molecule has 18 N–H and O–H groups in total. The van der Waals surface area contributed by atoms with Gasteiger partial charge in [0.05, 0.1) is 0 Å². The molecule has 0 aliphatic carbocycles. The van der Waals surface area contributed by atoms with Crippen LogP contribution in [0.2, 0.25) is 10.3 Å². The van der Waals surface area contributed by atoms with Gasteiger partial charge in [0.15, 0.2) is 68.4 Å². The molecule has 53 heavy (non-hydrogen) atoms. The van der Waals surface area contributed by atoms with E-state index in [0.29, 0.717) is 18.4 Å². The Bertz CT molecular complexity index is 1910. The van der Waals surface area contributed by atoms with E-state index >= 15 is 0 Å². The highest BCUT2D eigenvalue weighted by atomic mass is 35.5. The number of benzene rings is 1. The number of carbonyl (C=O) groups is 4. The van der Waals surface area contributed by atoms with Crippen LogP contribution in [0.25, 0.3) is 0 Å². The highest BCUT2D eigenvalue weighted by Gasteiger charge is 2.22. The summed E-state index contributed by atoms with van der Waals surface area (Å²) in [6.45, 7) is 0.414. The third kappa shape index (κ3) is 12.7. The second-order valence-corrected chi connectivity index (χ2v) is 11.7. The zero-order valence-corrected chi connectivity index (χ0v) is 29.4. The molecule has 4 amide bonds. The predicted octanol–water partition coefficient (Wildman–Crippen LogP) is -1.49. The Labute approximate surface area is 311 Å². The summed E-state index contributed by atoms with van der Waals surface area (Å²) in [7, 11) is 0. The number of aromatic hydroxyl groups is 2. The number of guanidine groups is 2. The molecule has 22 nitrogen and oxygen atoms in total. The Balaban J connectivity index is 1.49. The minimum absolute atomic E-state index is 0.0155. The lowest BCUT2D eigenvalue weighted by Crippen LogP contribution is -2.48. The number of nitrogens with one attached hydrogen (secondary N) is 4. The van der Waals surface area contributed by atoms with Gasteiger partial charge in [-0.15, -0.1) is 0 Å². The van der Waals surface area contributed by atoms with Crippen molar-refractivity contribution in [2.24, 2.45) is 21.5 Å². The van der Waals surface area contributed by atoms with Crippen LogP contribution < -0.4 is 55.7 Å². The monoisotopic (exact) mass is 776 g/mol. The van der Waals surface area contributed by atoms with Crippen molar-refractivity contribution in [1.82, 2.24) is 41.2 Å². The van der Waals surface area contributed by atoms with Crippen molar-refractivity contribution >= 4 is 82.0 Å². The van der Waals surface area contributed by atoms with Crippen LogP contribution >= 0.6 is 23.2 Å². The highest BCUT2D eigenvalue weighted by molar-refractivity contribution is 6.32. The zero-order valence-electron chi connectivity index (χ0n) is 27.9. The van der Waals surface area contributed by atoms with Crippen molar-refractivity contribution in [3.63, 3.8) is 0 Å². The van der Waals surface area contributed by atoms with E-state index in [1.165, 1.54) is 18.2 Å². The molecule has 2 heterocycles. The number of phenolic OH excluding ortho intramolecular Hbond substituents is 2. The largest absolute Gasteiger partial charge is 0.504 e. The van der Waals surface area contributed by atoms with Crippen molar-refractivity contribution in [3.8, 4) is 11.5 Å². The third-order valence-corrected chi connectivity index (χ3v) is 7.42. The average molecular weight is 778 g/mol. The summed E-state index contributed by atoms with van der Waals surface area (Å²) in [5.74, 6) is -4.66. The van der Waals surface area contributed by atoms with Gasteiger partial charge in [-0.05, 0) is 37.0 Å². The number of nitrogen functional groups attached to an aromatic ring is 4. The van der Waals surface area contributed by atoms with Gasteiger partial charge in [0, 0.05) is 32.5 Å². The van der Waals surface area contributed by atoms with Crippen LogP contribution in [-0.2, 0) is 16.0 Å². The first-order valence-corrected chi connectivity index (χ1v) is 16.3. The molecule has 0 radical (unpaired) electrons. The number of nitrogens with zero attached hydrogens (tertiary/aromatic N) is 6. The van der Waals surface area contributed by atoms with E-state index < -0.39 is 35.4 Å². The first-order chi connectivity index (χ1) is 25.0. The number of aliphatic imine (C=N–C) groups is 2. The fourth-order valence-electron chi connectivity index (χ4n) is 4.27. The van der Waals surface area contributed by atoms with Crippen LogP contribution in [0.4, 0.5) is 23.3 Å². The van der Waals surface area contributed by atoms with Gasteiger partial charge in [0.2, 0.25) is 11.8 Å². The van der Waals surface area contributed by atoms with Gasteiger partial charge < -0.3 is 55.2 Å². The van der Waals surface area contributed by atoms with Crippen LogP contribution in [0.1, 0.15) is 52.2 Å². The molecule has 24 heteroatoms. The Morgan fingerprint density at radius 1 is 0.736 bits per heavy atom. The molecule has 0 saturated heterocycles. The van der Waals surface area contributed by atoms with Crippen LogP contribution in [0.3, 0.4) is 0 Å². The zero-order chi connectivity index (χ0) is 39.2. The molecule has 0 unspecified atom stereocenters. The number of anilines is 4. The summed E-state index contributed by atoms with van der Waals surface area (Å²) < 4.78 is 0. The van der Waals surface area contributed by atoms with Gasteiger partial charge in [-0.2, -0.15) is 0 Å². The van der Waals surface area contributed by atoms with E-state index in [9.17, 15) is 29.4 Å². The summed E-state index contributed by atoms with van der Waals surface area (Å²) >= 11 is 11.6. The molecule has 0 fully saturated rings. The van der Waals surface area contributed by atoms with Crippen LogP contribution in [0, 0.1) is 0 Å². The molecule has 0 saturated carbocycles. The lowest BCUT2D eigenvalue weighted by molar-refractivity contribution is -0.129. The van der Waals surface area contributed by atoms with Crippen molar-refractivity contribution < 1.29 is 29.4 Å². The molecule has 284 valence electrons. The second kappa shape index (κ2) is 19.3. The number of hydrogen-bond donors (Lipinski definition) is 12. The quantitative estimate of drug-likeness (QED) is 0.0362. The number of phenols is 2. The summed E-state index contributed by atoms with van der Waals surface area (Å²) in [4.78, 5) is 73.7. The Morgan fingerprint density at radius 3 is 1.79 bits per heavy atom. The van der Waals surface area contributed by atoms with Gasteiger partial charge in [-0.3, -0.25) is 39.8 Å². The number of amides is 4. The van der Waals surface area contributed by atoms with Crippen molar-refractivity contribution in [3.05, 3.63) is 45.5 Å². The lowest BCUT2D eigenvalue weighted by atomic mass is 10.0. The number of unbranched alkanes of at least 4 members (excludes halogenated alkanes) is 1. The summed E-state index contributed by atoms with van der Waals surface area (Å²) in [6.07, 6.45) is 1.00. The normalized spacial score (nSPS) is 12.1. The predicted molar refractivity (Wildman–Crippen MR) is 197 cm³/mol. The van der Waals surface area contributed by atoms with Gasteiger partial charge >= 0.3 is 0 Å². The summed E-state index contributed by atoms with van der Waals surface area (Å²) in [5.41, 5.74) is 33.7. The minimum atomic E-state index is -1.06. The average Bonchev–Trinajstić information content (AvgIpc) is 3.09. The number of halogens is 2. The fourth-order valence-corrected chi connectivity index (χ4v) is 4.52. The van der Waals surface area contributed by atoms with Crippen molar-refractivity contribution in [1.29, 1.82) is 0 Å². The van der Waals surface area contributed by atoms with Crippen LogP contribution in [0.5, 0.6) is 11.5 Å². The van der Waals surface area contributed by atoms with E-state index in [1.54, 1.807) is 0 Å². The van der Waals surface area contributed by atoms with Crippen molar-refractivity contribution in [2.45, 2.75) is 38.1 Å². The first kappa shape index (κ1) is 41.0. The number of aromatic nitrogens is 4. The maximum atomic E-state index is 13.1. The lowest BCUT2D eigenvalue weighted by Gasteiger charge is -2.19. The number of nitrogens with two attached hydrogens (primary N) is 6. The molecule has 1 aromatic carbocycles. The number of hydrogen-bond acceptors (Lipinski definition) is 16. The maximum Gasteiger partial charge on any atom is 0.280 e. The van der Waals surface area contributed by atoms with Gasteiger partial charge in [-0.25, -0.2) is 19.9 Å². The van der Waals surface area contributed by atoms with Crippen LogP contribution in [0.15, 0.2) is 28.2 Å². The van der Waals surface area contributed by atoms with E-state index in [2.05, 4.69) is 51.2 Å². The van der Waals surface area contributed by atoms with Crippen LogP contribution in [-0.4, -0.2) is 91.4 Å². The van der Waals surface area contributed by atoms with Gasteiger partial charge in [-0.1, -0.05) is 29.3 Å². The Kier molecular flexibility index (Phi) is 14.9. The molecule has 0 aliphatic heterocycles. The summed E-state index contributed by atoms with van der Waals surface area (Å²) in [6, 6.07) is 2.97. The Morgan fingerprint density at radius 2 is 1.26 bits per heavy atom. The molecule has 1 atom stereocenters. The molecular formula is C29H38Cl2N16O6. The molecule has 0 spiro atoms. The van der Waals surface area contributed by atoms with E-state index in [4.69, 9.17) is 57.6 Å².